The predicted octanol–water partition coefficient (Wildman–Crippen LogP) is 0.966. The molecule has 2 heterocycles. The fourth-order valence-electron chi connectivity index (χ4n) is 1.62. The number of amides is 1. The molecule has 0 saturated carbocycles. The van der Waals surface area contributed by atoms with Crippen molar-refractivity contribution in [2.24, 2.45) is 7.05 Å². The highest BCUT2D eigenvalue weighted by Crippen LogP contribution is 2.00. The predicted molar refractivity (Wildman–Crippen MR) is 72.0 cm³/mol. The Morgan fingerprint density at radius 1 is 1.37 bits per heavy atom. The van der Waals surface area contributed by atoms with E-state index in [1.807, 2.05) is 31.0 Å². The third-order valence-electron chi connectivity index (χ3n) is 2.63. The minimum absolute atomic E-state index is 0.131. The molecule has 0 aromatic carbocycles. The normalized spacial score (nSPS) is 11.1. The van der Waals surface area contributed by atoms with Gasteiger partial charge in [0.25, 0.3) is 0 Å². The molecule has 0 aliphatic heterocycles. The highest BCUT2D eigenvalue weighted by atomic mass is 16.1. The lowest BCUT2D eigenvalue weighted by molar-refractivity contribution is -0.116. The lowest BCUT2D eigenvalue weighted by Gasteiger charge is -1.98. The monoisotopic (exact) mass is 259 g/mol. The highest BCUT2D eigenvalue weighted by Gasteiger charge is 1.99. The standard InChI is InChI=1S/C13H17N5O/c1-3-18-10-11(7-16-18)4-5-13(19)14-6-12-8-15-17(2)9-12/h4-5,7-10H,3,6H2,1-2H3,(H,14,19)/b5-4+. The second-order valence-corrected chi connectivity index (χ2v) is 4.20. The van der Waals surface area contributed by atoms with Crippen LogP contribution in [0.1, 0.15) is 18.1 Å². The summed E-state index contributed by atoms with van der Waals surface area (Å²) in [6.07, 6.45) is 10.5. The van der Waals surface area contributed by atoms with Crippen LogP contribution in [0.15, 0.2) is 30.9 Å². The van der Waals surface area contributed by atoms with Crippen molar-refractivity contribution >= 4 is 12.0 Å². The Kier molecular flexibility index (Phi) is 4.12. The van der Waals surface area contributed by atoms with Crippen LogP contribution in [0, 0.1) is 0 Å². The van der Waals surface area contributed by atoms with E-state index < -0.39 is 0 Å². The number of nitrogens with zero attached hydrogens (tertiary/aromatic N) is 4. The van der Waals surface area contributed by atoms with E-state index in [0.717, 1.165) is 17.7 Å². The van der Waals surface area contributed by atoms with E-state index in [0.29, 0.717) is 6.54 Å². The zero-order valence-electron chi connectivity index (χ0n) is 11.1. The van der Waals surface area contributed by atoms with Crippen LogP contribution in [0.5, 0.6) is 0 Å². The summed E-state index contributed by atoms with van der Waals surface area (Å²) in [5, 5.41) is 11.0. The Hall–Kier alpha value is -2.37. The number of carbonyl (C=O) groups is 1. The Morgan fingerprint density at radius 2 is 2.21 bits per heavy atom. The van der Waals surface area contributed by atoms with E-state index in [-0.39, 0.29) is 5.91 Å². The quantitative estimate of drug-likeness (QED) is 0.814. The first kappa shape index (κ1) is 13.1. The van der Waals surface area contributed by atoms with Gasteiger partial charge in [0.1, 0.15) is 0 Å². The zero-order chi connectivity index (χ0) is 13.7. The van der Waals surface area contributed by atoms with Gasteiger partial charge in [0, 0.05) is 49.7 Å². The molecule has 6 heteroatoms. The molecule has 0 saturated heterocycles. The van der Waals surface area contributed by atoms with E-state index in [1.54, 1.807) is 23.2 Å². The van der Waals surface area contributed by atoms with Gasteiger partial charge in [-0.15, -0.1) is 0 Å². The number of aromatic nitrogens is 4. The minimum Gasteiger partial charge on any atom is -0.348 e. The fraction of sp³-hybridized carbons (Fsp3) is 0.308. The fourth-order valence-corrected chi connectivity index (χ4v) is 1.62. The molecule has 0 spiro atoms. The zero-order valence-corrected chi connectivity index (χ0v) is 11.1. The van der Waals surface area contributed by atoms with Crippen molar-refractivity contribution in [2.75, 3.05) is 0 Å². The first-order valence-electron chi connectivity index (χ1n) is 6.13. The molecular weight excluding hydrogens is 242 g/mol. The Balaban J connectivity index is 1.83. The second-order valence-electron chi connectivity index (χ2n) is 4.20. The molecule has 100 valence electrons. The van der Waals surface area contributed by atoms with Gasteiger partial charge in [-0.3, -0.25) is 14.2 Å². The molecule has 6 nitrogen and oxygen atoms in total. The van der Waals surface area contributed by atoms with Crippen molar-refractivity contribution < 1.29 is 4.79 Å². The summed E-state index contributed by atoms with van der Waals surface area (Å²) in [5.74, 6) is -0.131. The first-order chi connectivity index (χ1) is 9.17. The Bertz CT molecular complexity index is 581. The third kappa shape index (κ3) is 3.80. The van der Waals surface area contributed by atoms with E-state index in [1.165, 1.54) is 6.08 Å². The van der Waals surface area contributed by atoms with Crippen LogP contribution in [0.2, 0.25) is 0 Å². The van der Waals surface area contributed by atoms with Crippen LogP contribution in [0.3, 0.4) is 0 Å². The molecule has 2 rings (SSSR count). The molecule has 0 bridgehead atoms. The molecule has 0 aliphatic carbocycles. The van der Waals surface area contributed by atoms with Gasteiger partial charge in [-0.1, -0.05) is 0 Å². The number of aryl methyl sites for hydroxylation is 2. The number of rotatable bonds is 5. The molecule has 0 radical (unpaired) electrons. The van der Waals surface area contributed by atoms with Gasteiger partial charge in [-0.25, -0.2) is 0 Å². The summed E-state index contributed by atoms with van der Waals surface area (Å²) in [4.78, 5) is 11.6. The van der Waals surface area contributed by atoms with E-state index >= 15 is 0 Å². The molecule has 0 unspecified atom stereocenters. The van der Waals surface area contributed by atoms with Crippen molar-refractivity contribution in [3.05, 3.63) is 42.0 Å². The van der Waals surface area contributed by atoms with Crippen LogP contribution >= 0.6 is 0 Å². The first-order valence-corrected chi connectivity index (χ1v) is 6.13. The van der Waals surface area contributed by atoms with E-state index in [9.17, 15) is 4.79 Å². The molecule has 2 aromatic heterocycles. The van der Waals surface area contributed by atoms with Crippen LogP contribution in [-0.2, 0) is 24.9 Å². The van der Waals surface area contributed by atoms with Gasteiger partial charge in [-0.2, -0.15) is 10.2 Å². The smallest absolute Gasteiger partial charge is 0.244 e. The summed E-state index contributed by atoms with van der Waals surface area (Å²) >= 11 is 0. The van der Waals surface area contributed by atoms with Crippen molar-refractivity contribution in [3.8, 4) is 0 Å². The number of hydrogen-bond donors (Lipinski definition) is 1. The summed E-state index contributed by atoms with van der Waals surface area (Å²) in [6.45, 7) is 3.31. The van der Waals surface area contributed by atoms with Crippen LogP contribution in [-0.4, -0.2) is 25.5 Å². The average Bonchev–Trinajstić information content (AvgIpc) is 3.02. The maximum Gasteiger partial charge on any atom is 0.244 e. The largest absolute Gasteiger partial charge is 0.348 e. The summed E-state index contributed by atoms with van der Waals surface area (Å²) in [6, 6.07) is 0. The van der Waals surface area contributed by atoms with Gasteiger partial charge in [0.15, 0.2) is 0 Å². The number of hydrogen-bond acceptors (Lipinski definition) is 3. The van der Waals surface area contributed by atoms with Gasteiger partial charge in [-0.05, 0) is 13.0 Å². The SMILES string of the molecule is CCn1cc(/C=C/C(=O)NCc2cnn(C)c2)cn1. The summed E-state index contributed by atoms with van der Waals surface area (Å²) in [5.41, 5.74) is 1.89. The summed E-state index contributed by atoms with van der Waals surface area (Å²) < 4.78 is 3.52. The lowest BCUT2D eigenvalue weighted by atomic mass is 10.3. The van der Waals surface area contributed by atoms with Crippen molar-refractivity contribution in [1.82, 2.24) is 24.9 Å². The van der Waals surface area contributed by atoms with Gasteiger partial charge in [0.05, 0.1) is 12.4 Å². The molecule has 1 N–H and O–H groups in total. The topological polar surface area (TPSA) is 64.7 Å². The third-order valence-corrected chi connectivity index (χ3v) is 2.63. The van der Waals surface area contributed by atoms with Gasteiger partial charge in [0.2, 0.25) is 5.91 Å². The second kappa shape index (κ2) is 5.99. The molecule has 2 aromatic rings. The Labute approximate surface area is 111 Å². The van der Waals surface area contributed by atoms with Crippen LogP contribution < -0.4 is 5.32 Å². The molecule has 0 atom stereocenters. The summed E-state index contributed by atoms with van der Waals surface area (Å²) in [7, 11) is 1.84. The maximum atomic E-state index is 11.6. The van der Waals surface area contributed by atoms with Crippen molar-refractivity contribution in [1.29, 1.82) is 0 Å². The molecule has 0 fully saturated rings. The van der Waals surface area contributed by atoms with Crippen molar-refractivity contribution in [2.45, 2.75) is 20.0 Å². The van der Waals surface area contributed by atoms with Gasteiger partial charge >= 0.3 is 0 Å². The number of nitrogens with one attached hydrogen (secondary N) is 1. The molecular formula is C13H17N5O. The van der Waals surface area contributed by atoms with Gasteiger partial charge < -0.3 is 5.32 Å². The van der Waals surface area contributed by atoms with Crippen LogP contribution in [0.4, 0.5) is 0 Å². The minimum atomic E-state index is -0.131. The molecule has 19 heavy (non-hydrogen) atoms. The Morgan fingerprint density at radius 3 is 2.84 bits per heavy atom. The maximum absolute atomic E-state index is 11.6. The number of carbonyl (C=O) groups excluding carboxylic acids is 1. The molecule has 0 aliphatic rings. The lowest BCUT2D eigenvalue weighted by Crippen LogP contribution is -2.19. The highest BCUT2D eigenvalue weighted by molar-refractivity contribution is 5.91. The average molecular weight is 259 g/mol. The molecule has 1 amide bonds. The van der Waals surface area contributed by atoms with E-state index in [4.69, 9.17) is 0 Å². The van der Waals surface area contributed by atoms with Crippen LogP contribution in [0.25, 0.3) is 6.08 Å². The van der Waals surface area contributed by atoms with Crippen molar-refractivity contribution in [3.63, 3.8) is 0 Å². The van der Waals surface area contributed by atoms with E-state index in [2.05, 4.69) is 15.5 Å².